The Balaban J connectivity index is 1.24. The number of hydrogen-bond acceptors (Lipinski definition) is 4. The topological polar surface area (TPSA) is 90.5 Å². The van der Waals surface area contributed by atoms with Crippen molar-refractivity contribution < 1.29 is 14.4 Å². The fourth-order valence-corrected chi connectivity index (χ4v) is 4.13. The first kappa shape index (κ1) is 25.0. The second-order valence-electron chi connectivity index (χ2n) is 9.20. The number of piperidine rings is 1. The smallest absolute Gasteiger partial charge is 0.253 e. The Labute approximate surface area is 211 Å². The zero-order chi connectivity index (χ0) is 25.3. The van der Waals surface area contributed by atoms with E-state index in [0.29, 0.717) is 35.0 Å². The summed E-state index contributed by atoms with van der Waals surface area (Å²) >= 11 is 0. The Morgan fingerprint density at radius 1 is 0.833 bits per heavy atom. The zero-order valence-electron chi connectivity index (χ0n) is 20.5. The maximum Gasteiger partial charge on any atom is 0.253 e. The fraction of sp³-hybridized carbons (Fsp3) is 0.276. The summed E-state index contributed by atoms with van der Waals surface area (Å²) in [5.74, 6) is 0.293. The molecule has 7 heteroatoms. The molecule has 1 heterocycles. The van der Waals surface area contributed by atoms with Crippen molar-refractivity contribution in [1.82, 2.24) is 10.2 Å². The average Bonchev–Trinajstić information content (AvgIpc) is 2.92. The van der Waals surface area contributed by atoms with Crippen LogP contribution in [0.4, 0.5) is 11.4 Å². The molecule has 1 aliphatic rings. The van der Waals surface area contributed by atoms with E-state index in [-0.39, 0.29) is 24.3 Å². The SMILES string of the molecule is CC1CCN(C(=O)c2cccc(NCC(=O)Nc3ccc(C(=O)NCc4ccccc4)cc3)c2)CC1. The van der Waals surface area contributed by atoms with Crippen LogP contribution in [0.5, 0.6) is 0 Å². The monoisotopic (exact) mass is 484 g/mol. The van der Waals surface area contributed by atoms with Gasteiger partial charge in [-0.1, -0.05) is 43.3 Å². The second kappa shape index (κ2) is 12.0. The molecular weight excluding hydrogens is 452 g/mol. The number of nitrogens with zero attached hydrogens (tertiary/aromatic N) is 1. The Morgan fingerprint density at radius 2 is 1.56 bits per heavy atom. The fourth-order valence-electron chi connectivity index (χ4n) is 4.13. The molecular formula is C29H32N4O3. The number of likely N-dealkylation sites (tertiary alicyclic amines) is 1. The lowest BCUT2D eigenvalue weighted by atomic mass is 9.98. The second-order valence-corrected chi connectivity index (χ2v) is 9.20. The van der Waals surface area contributed by atoms with E-state index in [1.165, 1.54) is 0 Å². The lowest BCUT2D eigenvalue weighted by Crippen LogP contribution is -2.37. The summed E-state index contributed by atoms with van der Waals surface area (Å²) in [6, 6.07) is 23.7. The van der Waals surface area contributed by atoms with E-state index in [9.17, 15) is 14.4 Å². The van der Waals surface area contributed by atoms with E-state index < -0.39 is 0 Å². The molecule has 0 spiro atoms. The first-order valence-corrected chi connectivity index (χ1v) is 12.3. The molecule has 0 bridgehead atoms. The number of amides is 3. The number of rotatable bonds is 8. The lowest BCUT2D eigenvalue weighted by molar-refractivity contribution is -0.114. The van der Waals surface area contributed by atoms with E-state index in [2.05, 4.69) is 22.9 Å². The van der Waals surface area contributed by atoms with Crippen LogP contribution >= 0.6 is 0 Å². The van der Waals surface area contributed by atoms with Crippen molar-refractivity contribution >= 4 is 29.1 Å². The van der Waals surface area contributed by atoms with Crippen LogP contribution in [0.15, 0.2) is 78.9 Å². The Bertz CT molecular complexity index is 1190. The highest BCUT2D eigenvalue weighted by Gasteiger charge is 2.21. The Kier molecular flexibility index (Phi) is 8.34. The van der Waals surface area contributed by atoms with E-state index in [1.54, 1.807) is 30.3 Å². The predicted molar refractivity (Wildman–Crippen MR) is 142 cm³/mol. The molecule has 3 aromatic carbocycles. The van der Waals surface area contributed by atoms with Gasteiger partial charge in [0, 0.05) is 42.1 Å². The van der Waals surface area contributed by atoms with Crippen molar-refractivity contribution in [2.45, 2.75) is 26.3 Å². The van der Waals surface area contributed by atoms with Crippen molar-refractivity contribution in [2.24, 2.45) is 5.92 Å². The highest BCUT2D eigenvalue weighted by Crippen LogP contribution is 2.19. The van der Waals surface area contributed by atoms with Crippen LogP contribution in [0.1, 0.15) is 46.0 Å². The van der Waals surface area contributed by atoms with Gasteiger partial charge in [0.2, 0.25) is 5.91 Å². The van der Waals surface area contributed by atoms with Crippen molar-refractivity contribution in [2.75, 3.05) is 30.3 Å². The van der Waals surface area contributed by atoms with Gasteiger partial charge in [-0.05, 0) is 66.8 Å². The van der Waals surface area contributed by atoms with E-state index in [0.717, 1.165) is 31.5 Å². The van der Waals surface area contributed by atoms with Crippen molar-refractivity contribution in [1.29, 1.82) is 0 Å². The van der Waals surface area contributed by atoms with Crippen molar-refractivity contribution in [3.63, 3.8) is 0 Å². The number of hydrogen-bond donors (Lipinski definition) is 3. The molecule has 3 amide bonds. The first-order valence-electron chi connectivity index (χ1n) is 12.3. The van der Waals surface area contributed by atoms with Gasteiger partial charge in [-0.3, -0.25) is 14.4 Å². The molecule has 0 unspecified atom stereocenters. The van der Waals surface area contributed by atoms with Gasteiger partial charge < -0.3 is 20.9 Å². The third-order valence-electron chi connectivity index (χ3n) is 6.36. The molecule has 1 aliphatic heterocycles. The maximum absolute atomic E-state index is 12.8. The van der Waals surface area contributed by atoms with E-state index >= 15 is 0 Å². The van der Waals surface area contributed by atoms with Gasteiger partial charge in [-0.2, -0.15) is 0 Å². The summed E-state index contributed by atoms with van der Waals surface area (Å²) in [6.07, 6.45) is 2.06. The summed E-state index contributed by atoms with van der Waals surface area (Å²) in [7, 11) is 0. The summed E-state index contributed by atoms with van der Waals surface area (Å²) in [6.45, 7) is 4.29. The number of anilines is 2. The van der Waals surface area contributed by atoms with Crippen molar-refractivity contribution in [3.8, 4) is 0 Å². The van der Waals surface area contributed by atoms with E-state index in [1.807, 2.05) is 53.4 Å². The third-order valence-corrected chi connectivity index (χ3v) is 6.36. The first-order chi connectivity index (χ1) is 17.5. The highest BCUT2D eigenvalue weighted by molar-refractivity contribution is 5.97. The largest absolute Gasteiger partial charge is 0.376 e. The van der Waals surface area contributed by atoms with Gasteiger partial charge in [0.05, 0.1) is 6.54 Å². The highest BCUT2D eigenvalue weighted by atomic mass is 16.2. The normalized spacial score (nSPS) is 13.6. The Morgan fingerprint density at radius 3 is 2.28 bits per heavy atom. The molecule has 0 radical (unpaired) electrons. The van der Waals surface area contributed by atoms with Gasteiger partial charge in [0.1, 0.15) is 0 Å². The molecule has 3 N–H and O–H groups in total. The lowest BCUT2D eigenvalue weighted by Gasteiger charge is -2.30. The number of carbonyl (C=O) groups is 3. The Hall–Kier alpha value is -4.13. The summed E-state index contributed by atoms with van der Waals surface area (Å²) in [4.78, 5) is 39.5. The van der Waals surface area contributed by atoms with Crippen LogP contribution < -0.4 is 16.0 Å². The van der Waals surface area contributed by atoms with Crippen LogP contribution in [-0.2, 0) is 11.3 Å². The minimum Gasteiger partial charge on any atom is -0.376 e. The quantitative estimate of drug-likeness (QED) is 0.438. The van der Waals surface area contributed by atoms with Crippen LogP contribution in [0.2, 0.25) is 0 Å². The molecule has 7 nitrogen and oxygen atoms in total. The molecule has 186 valence electrons. The van der Waals surface area contributed by atoms with Gasteiger partial charge in [0.25, 0.3) is 11.8 Å². The molecule has 0 aromatic heterocycles. The standard InChI is InChI=1S/C29H32N4O3/c1-21-14-16-33(17-15-21)29(36)24-8-5-9-26(18-24)30-20-27(34)32-25-12-10-23(11-13-25)28(35)31-19-22-6-3-2-4-7-22/h2-13,18,21,30H,14-17,19-20H2,1H3,(H,31,35)(H,32,34). The number of benzene rings is 3. The molecule has 36 heavy (non-hydrogen) atoms. The molecule has 1 fully saturated rings. The third kappa shape index (κ3) is 6.95. The van der Waals surface area contributed by atoms with E-state index in [4.69, 9.17) is 0 Å². The predicted octanol–water partition coefficient (Wildman–Crippen LogP) is 4.54. The van der Waals surface area contributed by atoms with Gasteiger partial charge >= 0.3 is 0 Å². The van der Waals surface area contributed by atoms with Gasteiger partial charge in [-0.15, -0.1) is 0 Å². The van der Waals surface area contributed by atoms with Crippen LogP contribution in [0, 0.1) is 5.92 Å². The van der Waals surface area contributed by atoms with Gasteiger partial charge in [0.15, 0.2) is 0 Å². The molecule has 0 saturated carbocycles. The van der Waals surface area contributed by atoms with Gasteiger partial charge in [-0.25, -0.2) is 0 Å². The molecule has 4 rings (SSSR count). The minimum atomic E-state index is -0.224. The molecule has 0 atom stereocenters. The molecule has 0 aliphatic carbocycles. The minimum absolute atomic E-state index is 0.0305. The summed E-state index contributed by atoms with van der Waals surface area (Å²) in [5.41, 5.74) is 3.48. The van der Waals surface area contributed by atoms with Crippen LogP contribution in [0.3, 0.4) is 0 Å². The zero-order valence-corrected chi connectivity index (χ0v) is 20.5. The number of nitrogens with one attached hydrogen (secondary N) is 3. The van der Waals surface area contributed by atoms with Crippen LogP contribution in [0.25, 0.3) is 0 Å². The maximum atomic E-state index is 12.8. The summed E-state index contributed by atoms with van der Waals surface area (Å²) < 4.78 is 0. The number of carbonyl (C=O) groups excluding carboxylic acids is 3. The van der Waals surface area contributed by atoms with Crippen LogP contribution in [-0.4, -0.2) is 42.3 Å². The molecule has 3 aromatic rings. The molecule has 1 saturated heterocycles. The van der Waals surface area contributed by atoms with Crippen molar-refractivity contribution in [3.05, 3.63) is 95.6 Å². The average molecular weight is 485 g/mol. The summed E-state index contributed by atoms with van der Waals surface area (Å²) in [5, 5.41) is 8.79.